The fourth-order valence-corrected chi connectivity index (χ4v) is 2.08. The van der Waals surface area contributed by atoms with Crippen molar-refractivity contribution in [2.24, 2.45) is 5.92 Å². The molecule has 1 N–H and O–H groups in total. The molecule has 2 atom stereocenters. The van der Waals surface area contributed by atoms with Crippen LogP contribution in [0.3, 0.4) is 0 Å². The maximum Gasteiger partial charge on any atom is 0.373 e. The third-order valence-electron chi connectivity index (χ3n) is 3.03. The van der Waals surface area contributed by atoms with E-state index in [1.54, 1.807) is 0 Å². The largest absolute Gasteiger partial charge is 0.475 e. The predicted octanol–water partition coefficient (Wildman–Crippen LogP) is 2.42. The number of aromatic carboxylic acids is 1. The number of oxazole rings is 1. The third kappa shape index (κ3) is 2.34. The lowest BCUT2D eigenvalue weighted by Gasteiger charge is -2.09. The van der Waals surface area contributed by atoms with Crippen molar-refractivity contribution in [3.05, 3.63) is 17.3 Å². The highest BCUT2D eigenvalue weighted by molar-refractivity contribution is 5.85. The molecule has 5 nitrogen and oxygen atoms in total. The van der Waals surface area contributed by atoms with Crippen LogP contribution in [0, 0.1) is 5.92 Å². The van der Waals surface area contributed by atoms with E-state index in [2.05, 4.69) is 11.9 Å². The quantitative estimate of drug-likeness (QED) is 0.873. The molecular weight excluding hydrogens is 222 g/mol. The van der Waals surface area contributed by atoms with Crippen molar-refractivity contribution in [1.29, 1.82) is 0 Å². The molecule has 5 heteroatoms. The minimum absolute atomic E-state index is 0.0375. The standard InChI is InChI=1S/C12H17NO4/c1-3-4-8-10(12(14)15)17-11(13-8)9-7(2)5-6-16-9/h7,9H,3-6H2,1-2H3,(H,14,15). The Labute approximate surface area is 99.8 Å². The van der Waals surface area contributed by atoms with E-state index in [4.69, 9.17) is 14.3 Å². The van der Waals surface area contributed by atoms with Gasteiger partial charge in [-0.15, -0.1) is 0 Å². The molecular formula is C12H17NO4. The molecule has 0 saturated carbocycles. The fraction of sp³-hybridized carbons (Fsp3) is 0.667. The predicted molar refractivity (Wildman–Crippen MR) is 59.9 cm³/mol. The van der Waals surface area contributed by atoms with Gasteiger partial charge in [-0.1, -0.05) is 20.3 Å². The third-order valence-corrected chi connectivity index (χ3v) is 3.03. The smallest absolute Gasteiger partial charge is 0.373 e. The first-order valence-electron chi connectivity index (χ1n) is 5.98. The van der Waals surface area contributed by atoms with Crippen LogP contribution in [0.4, 0.5) is 0 Å². The number of carboxylic acid groups (broad SMARTS) is 1. The van der Waals surface area contributed by atoms with Crippen molar-refractivity contribution >= 4 is 5.97 Å². The lowest BCUT2D eigenvalue weighted by molar-refractivity contribution is 0.0594. The van der Waals surface area contributed by atoms with Crippen molar-refractivity contribution in [2.75, 3.05) is 6.61 Å². The van der Waals surface area contributed by atoms with Crippen LogP contribution in [0.1, 0.15) is 54.9 Å². The van der Waals surface area contributed by atoms with E-state index in [0.29, 0.717) is 30.5 Å². The molecule has 0 aromatic carbocycles. The van der Waals surface area contributed by atoms with Crippen LogP contribution in [-0.4, -0.2) is 22.7 Å². The Morgan fingerprint density at radius 1 is 1.59 bits per heavy atom. The summed E-state index contributed by atoms with van der Waals surface area (Å²) < 4.78 is 10.9. The van der Waals surface area contributed by atoms with Crippen molar-refractivity contribution in [2.45, 2.75) is 39.2 Å². The number of ether oxygens (including phenoxy) is 1. The molecule has 2 heterocycles. The Morgan fingerprint density at radius 3 is 2.88 bits per heavy atom. The first-order chi connectivity index (χ1) is 8.13. The zero-order valence-corrected chi connectivity index (χ0v) is 10.1. The highest BCUT2D eigenvalue weighted by atomic mass is 16.5. The molecule has 0 radical (unpaired) electrons. The molecule has 0 bridgehead atoms. The molecule has 2 rings (SSSR count). The second kappa shape index (κ2) is 4.87. The Morgan fingerprint density at radius 2 is 2.35 bits per heavy atom. The van der Waals surface area contributed by atoms with Gasteiger partial charge in [0.15, 0.2) is 0 Å². The molecule has 17 heavy (non-hydrogen) atoms. The van der Waals surface area contributed by atoms with Crippen molar-refractivity contribution in [1.82, 2.24) is 4.98 Å². The van der Waals surface area contributed by atoms with Crippen LogP contribution in [0.15, 0.2) is 4.42 Å². The topological polar surface area (TPSA) is 72.6 Å². The van der Waals surface area contributed by atoms with E-state index < -0.39 is 5.97 Å². The van der Waals surface area contributed by atoms with E-state index in [0.717, 1.165) is 12.8 Å². The van der Waals surface area contributed by atoms with Crippen LogP contribution in [0.25, 0.3) is 0 Å². The average Bonchev–Trinajstić information content (AvgIpc) is 2.84. The van der Waals surface area contributed by atoms with Crippen LogP contribution in [0.5, 0.6) is 0 Å². The van der Waals surface area contributed by atoms with Crippen LogP contribution in [0.2, 0.25) is 0 Å². The Hall–Kier alpha value is -1.36. The number of hydrogen-bond donors (Lipinski definition) is 1. The number of rotatable bonds is 4. The van der Waals surface area contributed by atoms with E-state index in [-0.39, 0.29) is 11.9 Å². The van der Waals surface area contributed by atoms with E-state index in [1.807, 2.05) is 6.92 Å². The summed E-state index contributed by atoms with van der Waals surface area (Å²) in [5.74, 6) is -0.358. The lowest BCUT2D eigenvalue weighted by Crippen LogP contribution is -2.04. The SMILES string of the molecule is CCCc1nc(C2OCCC2C)oc1C(=O)O. The molecule has 1 aromatic heterocycles. The van der Waals surface area contributed by atoms with Crippen molar-refractivity contribution in [3.8, 4) is 0 Å². The van der Waals surface area contributed by atoms with Crippen LogP contribution >= 0.6 is 0 Å². The maximum atomic E-state index is 11.0. The average molecular weight is 239 g/mol. The number of carbonyl (C=O) groups is 1. The lowest BCUT2D eigenvalue weighted by atomic mass is 10.0. The second-order valence-electron chi connectivity index (χ2n) is 4.44. The Balaban J connectivity index is 2.29. The van der Waals surface area contributed by atoms with Gasteiger partial charge in [0, 0.05) is 6.61 Å². The van der Waals surface area contributed by atoms with Gasteiger partial charge in [-0.05, 0) is 18.8 Å². The van der Waals surface area contributed by atoms with Gasteiger partial charge in [0.05, 0.1) is 5.69 Å². The normalized spacial score (nSPS) is 24.1. The van der Waals surface area contributed by atoms with E-state index in [9.17, 15) is 4.79 Å². The molecule has 0 spiro atoms. The van der Waals surface area contributed by atoms with Gasteiger partial charge in [0.2, 0.25) is 11.7 Å². The summed E-state index contributed by atoms with van der Waals surface area (Å²) in [5.41, 5.74) is 0.526. The molecule has 94 valence electrons. The summed E-state index contributed by atoms with van der Waals surface area (Å²) in [5, 5.41) is 9.04. The van der Waals surface area contributed by atoms with Gasteiger partial charge < -0.3 is 14.3 Å². The summed E-state index contributed by atoms with van der Waals surface area (Å²) in [6.07, 6.45) is 2.22. The molecule has 0 aliphatic carbocycles. The number of nitrogens with zero attached hydrogens (tertiary/aromatic N) is 1. The van der Waals surface area contributed by atoms with Crippen LogP contribution < -0.4 is 0 Å². The summed E-state index contributed by atoms with van der Waals surface area (Å²) >= 11 is 0. The zero-order valence-electron chi connectivity index (χ0n) is 10.1. The van der Waals surface area contributed by atoms with Crippen molar-refractivity contribution < 1.29 is 19.1 Å². The molecule has 1 fully saturated rings. The number of aryl methyl sites for hydroxylation is 1. The minimum atomic E-state index is -1.06. The number of hydrogen-bond acceptors (Lipinski definition) is 4. The summed E-state index contributed by atoms with van der Waals surface area (Å²) in [6, 6.07) is 0. The molecule has 1 aliphatic heterocycles. The van der Waals surface area contributed by atoms with Gasteiger partial charge >= 0.3 is 5.97 Å². The van der Waals surface area contributed by atoms with E-state index in [1.165, 1.54) is 0 Å². The zero-order chi connectivity index (χ0) is 12.4. The van der Waals surface area contributed by atoms with E-state index >= 15 is 0 Å². The van der Waals surface area contributed by atoms with Crippen LogP contribution in [-0.2, 0) is 11.2 Å². The number of aromatic nitrogens is 1. The number of carboxylic acids is 1. The van der Waals surface area contributed by atoms with Gasteiger partial charge in [0.25, 0.3) is 0 Å². The highest BCUT2D eigenvalue weighted by Crippen LogP contribution is 2.34. The molecule has 1 saturated heterocycles. The Bertz CT molecular complexity index is 413. The second-order valence-corrected chi connectivity index (χ2v) is 4.44. The summed E-state index contributed by atoms with van der Waals surface area (Å²) in [4.78, 5) is 15.3. The van der Waals surface area contributed by atoms with Gasteiger partial charge in [-0.3, -0.25) is 0 Å². The first-order valence-corrected chi connectivity index (χ1v) is 5.98. The molecule has 1 aromatic rings. The Kier molecular flexibility index (Phi) is 3.47. The van der Waals surface area contributed by atoms with Gasteiger partial charge in [-0.2, -0.15) is 0 Å². The monoisotopic (exact) mass is 239 g/mol. The summed E-state index contributed by atoms with van der Waals surface area (Å²) in [7, 11) is 0. The first kappa shape index (κ1) is 12.1. The summed E-state index contributed by atoms with van der Waals surface area (Å²) in [6.45, 7) is 4.72. The van der Waals surface area contributed by atoms with Gasteiger partial charge in [-0.25, -0.2) is 9.78 Å². The minimum Gasteiger partial charge on any atom is -0.475 e. The fourth-order valence-electron chi connectivity index (χ4n) is 2.08. The van der Waals surface area contributed by atoms with Crippen molar-refractivity contribution in [3.63, 3.8) is 0 Å². The molecule has 1 aliphatic rings. The maximum absolute atomic E-state index is 11.0. The molecule has 0 amide bonds. The highest BCUT2D eigenvalue weighted by Gasteiger charge is 2.32. The van der Waals surface area contributed by atoms with Gasteiger partial charge in [0.1, 0.15) is 6.10 Å². The molecule has 2 unspecified atom stereocenters.